The third-order valence-corrected chi connectivity index (χ3v) is 3.77. The van der Waals surface area contributed by atoms with E-state index < -0.39 is 4.92 Å². The molecule has 1 aromatic heterocycles. The van der Waals surface area contributed by atoms with Crippen molar-refractivity contribution < 1.29 is 4.92 Å². The number of rotatable bonds is 2. The van der Waals surface area contributed by atoms with Crippen molar-refractivity contribution in [3.8, 4) is 0 Å². The maximum Gasteiger partial charge on any atom is 0.332 e. The summed E-state index contributed by atoms with van der Waals surface area (Å²) in [6.45, 7) is 6.60. The number of hydrogen-bond donors (Lipinski definition) is 0. The smallest absolute Gasteiger partial charge is 0.332 e. The summed E-state index contributed by atoms with van der Waals surface area (Å²) in [5, 5.41) is 11.3. The number of aromatic nitrogens is 2. The van der Waals surface area contributed by atoms with E-state index in [2.05, 4.69) is 23.8 Å². The van der Waals surface area contributed by atoms with E-state index in [4.69, 9.17) is 11.6 Å². The summed E-state index contributed by atoms with van der Waals surface area (Å²) < 4.78 is 0. The van der Waals surface area contributed by atoms with Gasteiger partial charge in [0.25, 0.3) is 0 Å². The van der Waals surface area contributed by atoms with E-state index in [-0.39, 0.29) is 17.0 Å². The number of nitrogens with zero attached hydrogens (tertiary/aromatic N) is 4. The van der Waals surface area contributed by atoms with Crippen LogP contribution in [-0.2, 0) is 0 Å². The second kappa shape index (κ2) is 5.28. The largest absolute Gasteiger partial charge is 0.348 e. The fourth-order valence-corrected chi connectivity index (χ4v) is 2.86. The summed E-state index contributed by atoms with van der Waals surface area (Å²) in [7, 11) is 0. The molecule has 2 rings (SSSR count). The molecule has 1 aliphatic heterocycles. The van der Waals surface area contributed by atoms with Gasteiger partial charge in [-0.25, -0.2) is 4.98 Å². The number of hydrogen-bond acceptors (Lipinski definition) is 5. The number of nitro groups is 1. The normalized spacial score (nSPS) is 23.5. The molecule has 19 heavy (non-hydrogen) atoms. The monoisotopic (exact) mass is 284 g/mol. The molecule has 0 spiro atoms. The molecule has 0 N–H and O–H groups in total. The number of anilines is 1. The first-order valence-corrected chi connectivity index (χ1v) is 6.73. The topological polar surface area (TPSA) is 72.2 Å². The Labute approximate surface area is 117 Å². The highest BCUT2D eigenvalue weighted by molar-refractivity contribution is 6.28. The van der Waals surface area contributed by atoms with Crippen LogP contribution in [-0.4, -0.2) is 27.5 Å². The molecule has 0 aliphatic carbocycles. The number of aryl methyl sites for hydroxylation is 1. The summed E-state index contributed by atoms with van der Waals surface area (Å²) in [6, 6.07) is 0.216. The van der Waals surface area contributed by atoms with Crippen LogP contribution in [0, 0.1) is 23.0 Å². The van der Waals surface area contributed by atoms with Crippen molar-refractivity contribution in [2.75, 3.05) is 11.4 Å². The van der Waals surface area contributed by atoms with Gasteiger partial charge in [-0.1, -0.05) is 6.92 Å². The minimum atomic E-state index is -0.425. The van der Waals surface area contributed by atoms with Crippen LogP contribution in [0.2, 0.25) is 5.28 Å². The first-order valence-electron chi connectivity index (χ1n) is 6.35. The van der Waals surface area contributed by atoms with Gasteiger partial charge in [0.2, 0.25) is 11.1 Å². The molecule has 0 aromatic carbocycles. The van der Waals surface area contributed by atoms with E-state index in [0.717, 1.165) is 19.4 Å². The average molecular weight is 285 g/mol. The van der Waals surface area contributed by atoms with Gasteiger partial charge in [0.15, 0.2) is 0 Å². The van der Waals surface area contributed by atoms with Crippen LogP contribution in [0.25, 0.3) is 0 Å². The molecule has 2 atom stereocenters. The summed E-state index contributed by atoms with van der Waals surface area (Å²) >= 11 is 5.85. The standard InChI is InChI=1S/C12H17ClN4O2/c1-7-4-5-16(8(2)6-7)11-10(17(18)19)9(3)14-12(13)15-11/h7-8H,4-6H2,1-3H3. The predicted molar refractivity (Wildman–Crippen MR) is 73.6 cm³/mol. The lowest BCUT2D eigenvalue weighted by Gasteiger charge is -2.37. The van der Waals surface area contributed by atoms with E-state index in [1.165, 1.54) is 0 Å². The quantitative estimate of drug-likeness (QED) is 0.474. The second-order valence-electron chi connectivity index (χ2n) is 5.18. The molecule has 0 radical (unpaired) electrons. The second-order valence-corrected chi connectivity index (χ2v) is 5.52. The molecule has 7 heteroatoms. The Morgan fingerprint density at radius 3 is 2.68 bits per heavy atom. The van der Waals surface area contributed by atoms with Gasteiger partial charge in [-0.05, 0) is 44.2 Å². The van der Waals surface area contributed by atoms with Gasteiger partial charge in [0, 0.05) is 12.6 Å². The van der Waals surface area contributed by atoms with Gasteiger partial charge in [-0.2, -0.15) is 4.98 Å². The summed E-state index contributed by atoms with van der Waals surface area (Å²) in [4.78, 5) is 20.7. The van der Waals surface area contributed by atoms with E-state index in [1.54, 1.807) is 6.92 Å². The minimum absolute atomic E-state index is 0.0363. The fraction of sp³-hybridized carbons (Fsp3) is 0.667. The summed E-state index contributed by atoms with van der Waals surface area (Å²) in [6.07, 6.45) is 2.00. The van der Waals surface area contributed by atoms with Gasteiger partial charge in [-0.15, -0.1) is 0 Å². The van der Waals surface area contributed by atoms with Crippen molar-refractivity contribution >= 4 is 23.1 Å². The molecule has 104 valence electrons. The molecule has 1 fully saturated rings. The molecular formula is C12H17ClN4O2. The SMILES string of the molecule is Cc1nc(Cl)nc(N2CCC(C)CC2C)c1[N+](=O)[O-]. The maximum absolute atomic E-state index is 11.2. The fourth-order valence-electron chi connectivity index (χ4n) is 2.65. The van der Waals surface area contributed by atoms with Gasteiger partial charge >= 0.3 is 5.69 Å². The molecule has 6 nitrogen and oxygen atoms in total. The van der Waals surface area contributed by atoms with Crippen LogP contribution in [0.5, 0.6) is 0 Å². The molecule has 1 saturated heterocycles. The Morgan fingerprint density at radius 2 is 2.11 bits per heavy atom. The first-order chi connectivity index (χ1) is 8.90. The molecule has 1 aliphatic rings. The van der Waals surface area contributed by atoms with Gasteiger partial charge in [0.1, 0.15) is 5.69 Å². The average Bonchev–Trinajstić information content (AvgIpc) is 2.26. The molecule has 2 heterocycles. The zero-order chi connectivity index (χ0) is 14.2. The highest BCUT2D eigenvalue weighted by Gasteiger charge is 2.31. The van der Waals surface area contributed by atoms with Crippen molar-refractivity contribution in [2.45, 2.75) is 39.7 Å². The lowest BCUT2D eigenvalue weighted by atomic mass is 9.93. The van der Waals surface area contributed by atoms with Crippen LogP contribution >= 0.6 is 11.6 Å². The molecule has 0 amide bonds. The Bertz CT molecular complexity index is 509. The van der Waals surface area contributed by atoms with Crippen molar-refractivity contribution in [3.05, 3.63) is 21.1 Å². The zero-order valence-electron chi connectivity index (χ0n) is 11.3. The number of piperidine rings is 1. The van der Waals surface area contributed by atoms with Gasteiger partial charge in [-0.3, -0.25) is 10.1 Å². The lowest BCUT2D eigenvalue weighted by Crippen LogP contribution is -2.41. The van der Waals surface area contributed by atoms with Gasteiger partial charge in [0.05, 0.1) is 4.92 Å². The third kappa shape index (κ3) is 2.78. The maximum atomic E-state index is 11.2. The van der Waals surface area contributed by atoms with Crippen molar-refractivity contribution in [2.24, 2.45) is 5.92 Å². The van der Waals surface area contributed by atoms with Crippen LogP contribution in [0.3, 0.4) is 0 Å². The van der Waals surface area contributed by atoms with Crippen LogP contribution in [0.4, 0.5) is 11.5 Å². The lowest BCUT2D eigenvalue weighted by molar-refractivity contribution is -0.385. The molecule has 0 saturated carbocycles. The molecule has 2 unspecified atom stereocenters. The van der Waals surface area contributed by atoms with Crippen molar-refractivity contribution in [1.82, 2.24) is 9.97 Å². The Hall–Kier alpha value is -1.43. The van der Waals surface area contributed by atoms with E-state index in [9.17, 15) is 10.1 Å². The van der Waals surface area contributed by atoms with E-state index in [1.807, 2.05) is 4.90 Å². The van der Waals surface area contributed by atoms with Crippen molar-refractivity contribution in [3.63, 3.8) is 0 Å². The molecule has 0 bridgehead atoms. The highest BCUT2D eigenvalue weighted by atomic mass is 35.5. The predicted octanol–water partition coefficient (Wildman–Crippen LogP) is 2.97. The van der Waals surface area contributed by atoms with Crippen molar-refractivity contribution in [1.29, 1.82) is 0 Å². The number of halogens is 1. The van der Waals surface area contributed by atoms with Crippen LogP contribution < -0.4 is 4.90 Å². The zero-order valence-corrected chi connectivity index (χ0v) is 12.0. The first kappa shape index (κ1) is 14.0. The van der Waals surface area contributed by atoms with Crippen LogP contribution in [0.1, 0.15) is 32.4 Å². The molecule has 1 aromatic rings. The van der Waals surface area contributed by atoms with E-state index >= 15 is 0 Å². The summed E-state index contributed by atoms with van der Waals surface area (Å²) in [5.74, 6) is 0.977. The summed E-state index contributed by atoms with van der Waals surface area (Å²) in [5.41, 5.74) is 0.275. The van der Waals surface area contributed by atoms with E-state index in [0.29, 0.717) is 17.4 Å². The Kier molecular flexibility index (Phi) is 3.89. The van der Waals surface area contributed by atoms with Gasteiger partial charge < -0.3 is 4.90 Å². The Morgan fingerprint density at radius 1 is 1.42 bits per heavy atom. The Balaban J connectivity index is 2.46. The molecular weight excluding hydrogens is 268 g/mol. The third-order valence-electron chi connectivity index (χ3n) is 3.61. The van der Waals surface area contributed by atoms with Crippen LogP contribution in [0.15, 0.2) is 0 Å². The highest BCUT2D eigenvalue weighted by Crippen LogP contribution is 2.34. The minimum Gasteiger partial charge on any atom is -0.348 e.